The summed E-state index contributed by atoms with van der Waals surface area (Å²) in [4.78, 5) is 13.1. The largest absolute Gasteiger partial charge is 0.492 e. The van der Waals surface area contributed by atoms with Crippen LogP contribution in [0.3, 0.4) is 0 Å². The van der Waals surface area contributed by atoms with Crippen molar-refractivity contribution < 1.29 is 14.6 Å². The molecular formula is C13H18ClNO3. The second kappa shape index (κ2) is 7.95. The van der Waals surface area contributed by atoms with Crippen LogP contribution in [0.15, 0.2) is 24.3 Å². The minimum absolute atomic E-state index is 0.00630. The van der Waals surface area contributed by atoms with Crippen molar-refractivity contribution in [1.82, 2.24) is 4.90 Å². The van der Waals surface area contributed by atoms with Crippen LogP contribution in [0.25, 0.3) is 0 Å². The summed E-state index contributed by atoms with van der Waals surface area (Å²) in [5.41, 5.74) is 0. The molecule has 1 aromatic rings. The molecule has 1 N–H and O–H groups in total. The van der Waals surface area contributed by atoms with E-state index in [4.69, 9.17) is 21.4 Å². The van der Waals surface area contributed by atoms with Gasteiger partial charge in [-0.1, -0.05) is 23.7 Å². The zero-order valence-corrected chi connectivity index (χ0v) is 11.2. The molecule has 100 valence electrons. The molecule has 1 rings (SSSR count). The fourth-order valence-electron chi connectivity index (χ4n) is 1.43. The Balaban J connectivity index is 2.23. The van der Waals surface area contributed by atoms with Crippen molar-refractivity contribution in [3.63, 3.8) is 0 Å². The fourth-order valence-corrected chi connectivity index (χ4v) is 1.62. The second-order valence-electron chi connectivity index (χ2n) is 3.92. The molecule has 5 heteroatoms. The Morgan fingerprint density at radius 3 is 2.83 bits per heavy atom. The highest BCUT2D eigenvalue weighted by Gasteiger charge is 2.07. The van der Waals surface area contributed by atoms with Crippen molar-refractivity contribution in [2.45, 2.75) is 12.8 Å². The van der Waals surface area contributed by atoms with E-state index in [0.717, 1.165) is 0 Å². The van der Waals surface area contributed by atoms with Crippen LogP contribution in [0.1, 0.15) is 12.8 Å². The maximum Gasteiger partial charge on any atom is 0.222 e. The number of nitrogens with zero attached hydrogens (tertiary/aromatic N) is 1. The molecule has 0 saturated carbocycles. The molecule has 18 heavy (non-hydrogen) atoms. The van der Waals surface area contributed by atoms with Crippen molar-refractivity contribution in [3.05, 3.63) is 29.3 Å². The minimum Gasteiger partial charge on any atom is -0.492 e. The number of aliphatic hydroxyl groups excluding tert-OH is 1. The van der Waals surface area contributed by atoms with E-state index in [1.165, 1.54) is 4.90 Å². The number of hydrogen-bond donors (Lipinski definition) is 1. The summed E-state index contributed by atoms with van der Waals surface area (Å²) in [6.45, 7) is 0.797. The quantitative estimate of drug-likeness (QED) is 0.771. The van der Waals surface area contributed by atoms with Crippen LogP contribution in [0.2, 0.25) is 5.02 Å². The van der Waals surface area contributed by atoms with Crippen LogP contribution < -0.4 is 4.74 Å². The Hall–Kier alpha value is -1.26. The first-order valence-corrected chi connectivity index (χ1v) is 6.25. The Morgan fingerprint density at radius 1 is 1.44 bits per heavy atom. The highest BCUT2D eigenvalue weighted by molar-refractivity contribution is 6.32. The molecule has 0 radical (unpaired) electrons. The number of hydrogen-bond acceptors (Lipinski definition) is 3. The average molecular weight is 272 g/mol. The first kappa shape index (κ1) is 14.8. The summed E-state index contributed by atoms with van der Waals surface area (Å²) in [6, 6.07) is 7.24. The maximum absolute atomic E-state index is 11.5. The summed E-state index contributed by atoms with van der Waals surface area (Å²) in [5, 5.41) is 9.27. The van der Waals surface area contributed by atoms with E-state index in [-0.39, 0.29) is 12.5 Å². The molecule has 0 unspecified atom stereocenters. The summed E-state index contributed by atoms with van der Waals surface area (Å²) < 4.78 is 5.47. The molecule has 0 atom stereocenters. The van der Waals surface area contributed by atoms with Gasteiger partial charge in [0.15, 0.2) is 0 Å². The van der Waals surface area contributed by atoms with E-state index >= 15 is 0 Å². The number of likely N-dealkylation sites (N-methyl/N-ethyl adjacent to an activating group) is 1. The Morgan fingerprint density at radius 2 is 2.17 bits per heavy atom. The molecule has 4 nitrogen and oxygen atoms in total. The number of aliphatic hydroxyl groups is 1. The summed E-state index contributed by atoms with van der Waals surface area (Å²) in [5.74, 6) is 0.641. The molecule has 0 bridgehead atoms. The number of halogens is 1. The van der Waals surface area contributed by atoms with E-state index in [2.05, 4.69) is 0 Å². The second-order valence-corrected chi connectivity index (χ2v) is 4.33. The van der Waals surface area contributed by atoms with Gasteiger partial charge in [0, 0.05) is 20.0 Å². The molecule has 1 amide bonds. The van der Waals surface area contributed by atoms with E-state index in [0.29, 0.717) is 36.8 Å². The number of carbonyl (C=O) groups excluding carboxylic acids is 1. The predicted molar refractivity (Wildman–Crippen MR) is 70.9 cm³/mol. The highest BCUT2D eigenvalue weighted by atomic mass is 35.5. The fraction of sp³-hybridized carbons (Fsp3) is 0.462. The third-order valence-corrected chi connectivity index (χ3v) is 2.80. The van der Waals surface area contributed by atoms with Gasteiger partial charge in [0.1, 0.15) is 5.75 Å². The highest BCUT2D eigenvalue weighted by Crippen LogP contribution is 2.23. The number of rotatable bonds is 7. The van der Waals surface area contributed by atoms with E-state index in [1.54, 1.807) is 19.2 Å². The Labute approximate surface area is 112 Å². The van der Waals surface area contributed by atoms with Crippen LogP contribution in [-0.4, -0.2) is 42.7 Å². The van der Waals surface area contributed by atoms with Gasteiger partial charge in [0.25, 0.3) is 0 Å². The molecule has 0 fully saturated rings. The molecular weight excluding hydrogens is 254 g/mol. The lowest BCUT2D eigenvalue weighted by molar-refractivity contribution is -0.130. The summed E-state index contributed by atoms with van der Waals surface area (Å²) in [6.07, 6.45) is 1.03. The van der Waals surface area contributed by atoms with Gasteiger partial charge >= 0.3 is 0 Å². The zero-order valence-electron chi connectivity index (χ0n) is 10.4. The number of amides is 1. The van der Waals surface area contributed by atoms with Gasteiger partial charge in [-0.05, 0) is 18.6 Å². The molecule has 0 aliphatic heterocycles. The van der Waals surface area contributed by atoms with Crippen molar-refractivity contribution in [2.75, 3.05) is 26.8 Å². The lowest BCUT2D eigenvalue weighted by Gasteiger charge is -2.15. The van der Waals surface area contributed by atoms with Crippen LogP contribution >= 0.6 is 11.6 Å². The smallest absolute Gasteiger partial charge is 0.222 e. The normalized spacial score (nSPS) is 10.2. The molecule has 0 aromatic heterocycles. The van der Waals surface area contributed by atoms with Gasteiger partial charge in [-0.25, -0.2) is 0 Å². The third kappa shape index (κ3) is 4.94. The monoisotopic (exact) mass is 271 g/mol. The lowest BCUT2D eigenvalue weighted by atomic mass is 10.3. The minimum atomic E-state index is -0.0155. The van der Waals surface area contributed by atoms with Gasteiger partial charge in [0.2, 0.25) is 5.91 Å². The molecule has 0 spiro atoms. The van der Waals surface area contributed by atoms with Gasteiger partial charge < -0.3 is 14.7 Å². The van der Waals surface area contributed by atoms with Crippen molar-refractivity contribution >= 4 is 17.5 Å². The first-order valence-electron chi connectivity index (χ1n) is 5.87. The van der Waals surface area contributed by atoms with Gasteiger partial charge in [-0.15, -0.1) is 0 Å². The zero-order chi connectivity index (χ0) is 13.4. The van der Waals surface area contributed by atoms with Crippen LogP contribution in [-0.2, 0) is 4.79 Å². The number of carbonyl (C=O) groups is 1. The standard InChI is InChI=1S/C13H18ClNO3/c1-15(8-9-16)13(17)7-4-10-18-12-6-3-2-5-11(12)14/h2-3,5-6,16H,4,7-10H2,1H3. The Bertz CT molecular complexity index is 384. The Kier molecular flexibility index (Phi) is 6.54. The molecule has 0 heterocycles. The third-order valence-electron chi connectivity index (χ3n) is 2.49. The predicted octanol–water partition coefficient (Wildman–Crippen LogP) is 1.95. The first-order chi connectivity index (χ1) is 8.65. The number of ether oxygens (including phenoxy) is 1. The SMILES string of the molecule is CN(CCO)C(=O)CCCOc1ccccc1Cl. The number of para-hydroxylation sites is 1. The molecule has 0 aliphatic carbocycles. The van der Waals surface area contributed by atoms with Crippen LogP contribution in [0, 0.1) is 0 Å². The molecule has 0 aliphatic rings. The van der Waals surface area contributed by atoms with E-state index < -0.39 is 0 Å². The van der Waals surface area contributed by atoms with E-state index in [9.17, 15) is 4.79 Å². The molecule has 0 saturated heterocycles. The van der Waals surface area contributed by atoms with Gasteiger partial charge in [-0.3, -0.25) is 4.79 Å². The van der Waals surface area contributed by atoms with Crippen LogP contribution in [0.5, 0.6) is 5.75 Å². The summed E-state index contributed by atoms with van der Waals surface area (Å²) in [7, 11) is 1.67. The average Bonchev–Trinajstić information content (AvgIpc) is 2.36. The van der Waals surface area contributed by atoms with Crippen molar-refractivity contribution in [1.29, 1.82) is 0 Å². The topological polar surface area (TPSA) is 49.8 Å². The van der Waals surface area contributed by atoms with Crippen molar-refractivity contribution in [2.24, 2.45) is 0 Å². The molecule has 1 aromatic carbocycles. The maximum atomic E-state index is 11.5. The van der Waals surface area contributed by atoms with Crippen LogP contribution in [0.4, 0.5) is 0 Å². The van der Waals surface area contributed by atoms with E-state index in [1.807, 2.05) is 12.1 Å². The summed E-state index contributed by atoms with van der Waals surface area (Å²) >= 11 is 5.93. The van der Waals surface area contributed by atoms with Gasteiger partial charge in [0.05, 0.1) is 18.2 Å². The number of benzene rings is 1. The lowest BCUT2D eigenvalue weighted by Crippen LogP contribution is -2.29. The van der Waals surface area contributed by atoms with Crippen molar-refractivity contribution in [3.8, 4) is 5.75 Å². The van der Waals surface area contributed by atoms with Gasteiger partial charge in [-0.2, -0.15) is 0 Å².